The minimum absolute atomic E-state index is 0.162. The summed E-state index contributed by atoms with van der Waals surface area (Å²) in [5, 5.41) is 6.30. The molecular formula is C20H15N3O2S2. The number of aromatic nitrogens is 3. The van der Waals surface area contributed by atoms with E-state index in [0.29, 0.717) is 21.9 Å². The molecule has 7 heteroatoms. The highest BCUT2D eigenvalue weighted by molar-refractivity contribution is 7.15. The topological polar surface area (TPSA) is 56.5 Å². The van der Waals surface area contributed by atoms with E-state index in [9.17, 15) is 4.79 Å². The largest absolute Gasteiger partial charge is 0.490 e. The van der Waals surface area contributed by atoms with Crippen molar-refractivity contribution in [2.24, 2.45) is 0 Å². The molecule has 0 saturated carbocycles. The summed E-state index contributed by atoms with van der Waals surface area (Å²) in [6.07, 6.45) is 7.29. The van der Waals surface area contributed by atoms with Gasteiger partial charge in [-0.2, -0.15) is 9.50 Å². The quantitative estimate of drug-likeness (QED) is 0.471. The Balaban J connectivity index is 1.60. The van der Waals surface area contributed by atoms with Gasteiger partial charge in [-0.3, -0.25) is 4.79 Å². The molecule has 1 aromatic carbocycles. The lowest BCUT2D eigenvalue weighted by Crippen LogP contribution is -2.23. The minimum atomic E-state index is -0.162. The molecule has 4 aromatic rings. The first-order valence-corrected chi connectivity index (χ1v) is 9.89. The lowest BCUT2D eigenvalue weighted by Gasteiger charge is -2.02. The maximum Gasteiger partial charge on any atom is 0.291 e. The number of thiazole rings is 1. The van der Waals surface area contributed by atoms with Crippen molar-refractivity contribution in [2.45, 2.75) is 0 Å². The van der Waals surface area contributed by atoms with Crippen LogP contribution in [0.4, 0.5) is 0 Å². The van der Waals surface area contributed by atoms with Gasteiger partial charge in [0.05, 0.1) is 4.53 Å². The second-order valence-corrected chi connectivity index (χ2v) is 7.59. The fraction of sp³-hybridized carbons (Fsp3) is 0.0500. The van der Waals surface area contributed by atoms with Crippen molar-refractivity contribution in [2.75, 3.05) is 6.61 Å². The Morgan fingerprint density at radius 3 is 2.74 bits per heavy atom. The van der Waals surface area contributed by atoms with Crippen molar-refractivity contribution in [3.8, 4) is 5.75 Å². The lowest BCUT2D eigenvalue weighted by molar-refractivity contribution is 0.363. The van der Waals surface area contributed by atoms with Gasteiger partial charge in [0.15, 0.2) is 5.82 Å². The van der Waals surface area contributed by atoms with Crippen LogP contribution in [0.25, 0.3) is 23.2 Å². The van der Waals surface area contributed by atoms with E-state index in [0.717, 1.165) is 16.2 Å². The fourth-order valence-electron chi connectivity index (χ4n) is 2.43. The zero-order chi connectivity index (χ0) is 18.6. The van der Waals surface area contributed by atoms with E-state index < -0.39 is 0 Å². The standard InChI is InChI=1S/C20H15N3O2S2/c1-2-11-25-15-7-5-14(6-8-15)13-17-19(24)23-20(27-17)21-18(22-23)10-9-16-4-3-12-26-16/h2-10,12-13H,1,11H2/b10-9+,17-13+. The van der Waals surface area contributed by atoms with E-state index in [2.05, 4.69) is 16.7 Å². The molecule has 5 nitrogen and oxygen atoms in total. The summed E-state index contributed by atoms with van der Waals surface area (Å²) in [5.74, 6) is 1.29. The van der Waals surface area contributed by atoms with Crippen LogP contribution in [-0.4, -0.2) is 21.2 Å². The molecule has 0 spiro atoms. The predicted octanol–water partition coefficient (Wildman–Crippen LogP) is 3.50. The normalized spacial score (nSPS) is 12.2. The van der Waals surface area contributed by atoms with Gasteiger partial charge in [0.1, 0.15) is 12.4 Å². The van der Waals surface area contributed by atoms with E-state index in [1.165, 1.54) is 15.9 Å². The van der Waals surface area contributed by atoms with Gasteiger partial charge in [0, 0.05) is 4.88 Å². The number of benzene rings is 1. The van der Waals surface area contributed by atoms with Crippen molar-refractivity contribution in [1.29, 1.82) is 0 Å². The Hall–Kier alpha value is -3.03. The summed E-state index contributed by atoms with van der Waals surface area (Å²) in [5.41, 5.74) is 0.755. The summed E-state index contributed by atoms with van der Waals surface area (Å²) in [6, 6.07) is 11.5. The molecule has 0 unspecified atom stereocenters. The molecule has 0 bridgehead atoms. The monoisotopic (exact) mass is 393 g/mol. The van der Waals surface area contributed by atoms with Crippen molar-refractivity contribution in [3.05, 3.63) is 85.6 Å². The molecule has 134 valence electrons. The number of ether oxygens (including phenoxy) is 1. The second-order valence-electron chi connectivity index (χ2n) is 5.60. The third-order valence-electron chi connectivity index (χ3n) is 3.68. The third-order valence-corrected chi connectivity index (χ3v) is 5.48. The van der Waals surface area contributed by atoms with Crippen LogP contribution in [0.1, 0.15) is 16.3 Å². The van der Waals surface area contributed by atoms with Crippen LogP contribution in [0.3, 0.4) is 0 Å². The Labute approximate surface area is 163 Å². The third kappa shape index (κ3) is 3.89. The molecular weight excluding hydrogens is 378 g/mol. The van der Waals surface area contributed by atoms with Gasteiger partial charge in [-0.05, 0) is 47.4 Å². The van der Waals surface area contributed by atoms with Crippen LogP contribution in [0, 0.1) is 0 Å². The summed E-state index contributed by atoms with van der Waals surface area (Å²) in [7, 11) is 0. The van der Waals surface area contributed by atoms with Crippen LogP contribution in [-0.2, 0) is 0 Å². The molecule has 27 heavy (non-hydrogen) atoms. The number of rotatable bonds is 6. The zero-order valence-corrected chi connectivity index (χ0v) is 15.9. The number of fused-ring (bicyclic) bond motifs is 1. The maximum absolute atomic E-state index is 12.6. The number of nitrogens with zero attached hydrogens (tertiary/aromatic N) is 3. The molecule has 0 radical (unpaired) electrons. The van der Waals surface area contributed by atoms with Crippen LogP contribution < -0.4 is 14.8 Å². The zero-order valence-electron chi connectivity index (χ0n) is 14.2. The smallest absolute Gasteiger partial charge is 0.291 e. The van der Waals surface area contributed by atoms with Crippen LogP contribution >= 0.6 is 22.7 Å². The first-order chi connectivity index (χ1) is 13.2. The van der Waals surface area contributed by atoms with Crippen LogP contribution in [0.15, 0.2) is 59.2 Å². The average molecular weight is 393 g/mol. The highest BCUT2D eigenvalue weighted by Crippen LogP contribution is 2.14. The van der Waals surface area contributed by atoms with Crippen molar-refractivity contribution < 1.29 is 4.74 Å². The summed E-state index contributed by atoms with van der Waals surface area (Å²) < 4.78 is 7.41. The Morgan fingerprint density at radius 1 is 1.19 bits per heavy atom. The van der Waals surface area contributed by atoms with E-state index >= 15 is 0 Å². The lowest BCUT2D eigenvalue weighted by atomic mass is 10.2. The van der Waals surface area contributed by atoms with Gasteiger partial charge < -0.3 is 4.74 Å². The number of hydrogen-bond acceptors (Lipinski definition) is 6. The minimum Gasteiger partial charge on any atom is -0.490 e. The Bertz CT molecular complexity index is 1200. The molecule has 0 aliphatic heterocycles. The van der Waals surface area contributed by atoms with E-state index in [4.69, 9.17) is 4.74 Å². The first kappa shape index (κ1) is 17.4. The summed E-state index contributed by atoms with van der Waals surface area (Å²) in [6.45, 7) is 4.09. The van der Waals surface area contributed by atoms with Gasteiger partial charge in [-0.1, -0.05) is 42.2 Å². The number of thiophene rings is 1. The van der Waals surface area contributed by atoms with Crippen molar-refractivity contribution in [3.63, 3.8) is 0 Å². The molecule has 0 amide bonds. The Kier molecular flexibility index (Phi) is 4.95. The summed E-state index contributed by atoms with van der Waals surface area (Å²) in [4.78, 5) is 18.7. The molecule has 0 fully saturated rings. The summed E-state index contributed by atoms with van der Waals surface area (Å²) >= 11 is 2.96. The molecule has 0 N–H and O–H groups in total. The molecule has 0 aliphatic carbocycles. The highest BCUT2D eigenvalue weighted by atomic mass is 32.1. The van der Waals surface area contributed by atoms with Crippen molar-refractivity contribution >= 4 is 45.9 Å². The molecule has 0 aliphatic rings. The average Bonchev–Trinajstić information content (AvgIpc) is 3.39. The SMILES string of the molecule is C=CCOc1ccc(/C=c2/sc3nc(/C=C/c4cccs4)nn3c2=O)cc1. The van der Waals surface area contributed by atoms with E-state index in [1.54, 1.807) is 17.4 Å². The maximum atomic E-state index is 12.6. The van der Waals surface area contributed by atoms with E-state index in [1.807, 2.05) is 60.0 Å². The van der Waals surface area contributed by atoms with Crippen molar-refractivity contribution in [1.82, 2.24) is 14.6 Å². The van der Waals surface area contributed by atoms with Gasteiger partial charge >= 0.3 is 0 Å². The molecule has 0 atom stereocenters. The van der Waals surface area contributed by atoms with Gasteiger partial charge in [-0.15, -0.1) is 16.4 Å². The second kappa shape index (κ2) is 7.69. The molecule has 3 heterocycles. The predicted molar refractivity (Wildman–Crippen MR) is 111 cm³/mol. The van der Waals surface area contributed by atoms with E-state index in [-0.39, 0.29) is 5.56 Å². The number of hydrogen-bond donors (Lipinski definition) is 0. The highest BCUT2D eigenvalue weighted by Gasteiger charge is 2.08. The van der Waals surface area contributed by atoms with Gasteiger partial charge in [0.25, 0.3) is 5.56 Å². The molecule has 4 rings (SSSR count). The molecule has 0 saturated heterocycles. The first-order valence-electron chi connectivity index (χ1n) is 8.19. The molecule has 3 aromatic heterocycles. The van der Waals surface area contributed by atoms with Gasteiger partial charge in [-0.25, -0.2) is 0 Å². The Morgan fingerprint density at radius 2 is 2.04 bits per heavy atom. The van der Waals surface area contributed by atoms with Crippen LogP contribution in [0.2, 0.25) is 0 Å². The van der Waals surface area contributed by atoms with Crippen LogP contribution in [0.5, 0.6) is 5.75 Å². The fourth-order valence-corrected chi connectivity index (χ4v) is 3.96. The van der Waals surface area contributed by atoms with Gasteiger partial charge in [0.2, 0.25) is 4.96 Å².